The van der Waals surface area contributed by atoms with Crippen LogP contribution in [0.2, 0.25) is 0 Å². The number of hydrogen-bond acceptors (Lipinski definition) is 6. The van der Waals surface area contributed by atoms with E-state index >= 15 is 0 Å². The summed E-state index contributed by atoms with van der Waals surface area (Å²) in [5, 5.41) is 1.72. The Balaban J connectivity index is 2.12. The minimum absolute atomic E-state index is 0.253. The van der Waals surface area contributed by atoms with Crippen molar-refractivity contribution in [2.45, 2.75) is 45.6 Å². The number of carbonyl (C=O) groups is 2. The Kier molecular flexibility index (Phi) is 5.51. The van der Waals surface area contributed by atoms with Gasteiger partial charge in [-0.1, -0.05) is 30.3 Å². The molecule has 0 saturated carbocycles. The summed E-state index contributed by atoms with van der Waals surface area (Å²) in [6.07, 6.45) is -0.913. The lowest BCUT2D eigenvalue weighted by Crippen LogP contribution is -2.46. The van der Waals surface area contributed by atoms with Crippen LogP contribution in [0.1, 0.15) is 26.3 Å². The smallest absolute Gasteiger partial charge is 0.303 e. The molecule has 0 amide bonds. The van der Waals surface area contributed by atoms with Gasteiger partial charge in [0.05, 0.1) is 0 Å². The predicted octanol–water partition coefficient (Wildman–Crippen LogP) is 1.69. The molecule has 1 aliphatic rings. The number of ether oxygens (including phenoxy) is 2. The first-order valence-corrected chi connectivity index (χ1v) is 7.25. The topological polar surface area (TPSA) is 65.1 Å². The maximum absolute atomic E-state index is 11.3. The third-order valence-corrected chi connectivity index (χ3v) is 3.45. The monoisotopic (exact) mass is 307 g/mol. The maximum Gasteiger partial charge on any atom is 0.303 e. The van der Waals surface area contributed by atoms with Crippen LogP contribution in [0.15, 0.2) is 30.3 Å². The van der Waals surface area contributed by atoms with Crippen LogP contribution in [0.25, 0.3) is 0 Å². The molecule has 1 fully saturated rings. The van der Waals surface area contributed by atoms with E-state index in [4.69, 9.17) is 14.3 Å². The summed E-state index contributed by atoms with van der Waals surface area (Å²) in [7, 11) is 0. The minimum Gasteiger partial charge on any atom is -0.461 e. The molecular formula is C16H21NO5. The van der Waals surface area contributed by atoms with Gasteiger partial charge >= 0.3 is 11.9 Å². The van der Waals surface area contributed by atoms with Crippen molar-refractivity contribution in [1.82, 2.24) is 5.06 Å². The first-order valence-electron chi connectivity index (χ1n) is 7.25. The molecule has 0 N–H and O–H groups in total. The molecule has 0 aromatic heterocycles. The van der Waals surface area contributed by atoms with Crippen molar-refractivity contribution in [3.8, 4) is 0 Å². The van der Waals surface area contributed by atoms with E-state index in [1.807, 2.05) is 30.3 Å². The second kappa shape index (κ2) is 7.38. The lowest BCUT2D eigenvalue weighted by atomic mass is 10.1. The molecule has 2 rings (SSSR count). The SMILES string of the molecule is CC(=O)O[C@@H](C)[C@H]1[C@@H](OC(C)=O)CON1Cc1ccccc1. The van der Waals surface area contributed by atoms with Crippen LogP contribution < -0.4 is 0 Å². The van der Waals surface area contributed by atoms with E-state index in [0.717, 1.165) is 5.56 Å². The quantitative estimate of drug-likeness (QED) is 0.771. The van der Waals surface area contributed by atoms with Crippen LogP contribution >= 0.6 is 0 Å². The van der Waals surface area contributed by atoms with Gasteiger partial charge < -0.3 is 9.47 Å². The number of hydroxylamine groups is 2. The van der Waals surface area contributed by atoms with E-state index in [0.29, 0.717) is 6.54 Å². The summed E-state index contributed by atoms with van der Waals surface area (Å²) in [4.78, 5) is 28.1. The van der Waals surface area contributed by atoms with Gasteiger partial charge in [0.25, 0.3) is 0 Å². The van der Waals surface area contributed by atoms with Gasteiger partial charge in [0, 0.05) is 20.4 Å². The Morgan fingerprint density at radius 1 is 1.27 bits per heavy atom. The molecule has 1 heterocycles. The summed E-state index contributed by atoms with van der Waals surface area (Å²) in [5.74, 6) is -0.754. The molecule has 22 heavy (non-hydrogen) atoms. The van der Waals surface area contributed by atoms with E-state index < -0.39 is 12.2 Å². The lowest BCUT2D eigenvalue weighted by Gasteiger charge is -2.29. The number of nitrogens with zero attached hydrogens (tertiary/aromatic N) is 1. The second-order valence-corrected chi connectivity index (χ2v) is 5.31. The normalized spacial score (nSPS) is 23.0. The van der Waals surface area contributed by atoms with Crippen molar-refractivity contribution in [1.29, 1.82) is 0 Å². The number of carbonyl (C=O) groups excluding carboxylic acids is 2. The highest BCUT2D eigenvalue weighted by atomic mass is 16.7. The zero-order valence-electron chi connectivity index (χ0n) is 13.0. The molecule has 0 bridgehead atoms. The van der Waals surface area contributed by atoms with Crippen LogP contribution in [0.5, 0.6) is 0 Å². The third-order valence-electron chi connectivity index (χ3n) is 3.45. The van der Waals surface area contributed by atoms with Crippen molar-refractivity contribution in [3.63, 3.8) is 0 Å². The molecule has 0 aliphatic carbocycles. The number of esters is 2. The minimum atomic E-state index is -0.462. The van der Waals surface area contributed by atoms with Crippen LogP contribution in [0.4, 0.5) is 0 Å². The van der Waals surface area contributed by atoms with E-state index in [1.165, 1.54) is 13.8 Å². The van der Waals surface area contributed by atoms with Crippen LogP contribution in [0.3, 0.4) is 0 Å². The molecule has 1 aromatic carbocycles. The van der Waals surface area contributed by atoms with Gasteiger partial charge in [-0.2, -0.15) is 5.06 Å². The molecule has 1 aromatic rings. The number of benzene rings is 1. The summed E-state index contributed by atoms with van der Waals surface area (Å²) < 4.78 is 10.6. The highest BCUT2D eigenvalue weighted by Crippen LogP contribution is 2.25. The molecule has 0 unspecified atom stereocenters. The fourth-order valence-electron chi connectivity index (χ4n) is 2.64. The predicted molar refractivity (Wildman–Crippen MR) is 78.5 cm³/mol. The molecule has 1 saturated heterocycles. The summed E-state index contributed by atoms with van der Waals surface area (Å²) in [6.45, 7) is 5.26. The second-order valence-electron chi connectivity index (χ2n) is 5.31. The molecule has 0 spiro atoms. The average Bonchev–Trinajstić information content (AvgIpc) is 2.81. The Hall–Kier alpha value is -1.92. The third kappa shape index (κ3) is 4.29. The van der Waals surface area contributed by atoms with Crippen molar-refractivity contribution in [3.05, 3.63) is 35.9 Å². The van der Waals surface area contributed by atoms with Gasteiger partial charge in [-0.05, 0) is 12.5 Å². The molecule has 0 radical (unpaired) electrons. The standard InChI is InChI=1S/C16H21NO5/c1-11(21-12(2)18)16-15(22-13(3)19)10-20-17(16)9-14-7-5-4-6-8-14/h4-8,11,15-16H,9-10H2,1-3H3/t11-,15-,16-/m0/s1. The van der Waals surface area contributed by atoms with Gasteiger partial charge in [0.1, 0.15) is 24.9 Å². The Morgan fingerprint density at radius 2 is 1.95 bits per heavy atom. The summed E-state index contributed by atoms with van der Waals surface area (Å²) in [5.41, 5.74) is 1.06. The van der Waals surface area contributed by atoms with Crippen LogP contribution in [-0.2, 0) is 30.4 Å². The van der Waals surface area contributed by atoms with Crippen molar-refractivity contribution in [2.24, 2.45) is 0 Å². The van der Waals surface area contributed by atoms with E-state index in [2.05, 4.69) is 0 Å². The largest absolute Gasteiger partial charge is 0.461 e. The van der Waals surface area contributed by atoms with E-state index in [-0.39, 0.29) is 24.6 Å². The highest BCUT2D eigenvalue weighted by Gasteiger charge is 2.42. The number of rotatable bonds is 5. The van der Waals surface area contributed by atoms with Crippen molar-refractivity contribution < 1.29 is 23.9 Å². The summed E-state index contributed by atoms with van der Waals surface area (Å²) >= 11 is 0. The molecular weight excluding hydrogens is 286 g/mol. The highest BCUT2D eigenvalue weighted by molar-refractivity contribution is 5.67. The first-order chi connectivity index (χ1) is 10.5. The van der Waals surface area contributed by atoms with E-state index in [9.17, 15) is 9.59 Å². The van der Waals surface area contributed by atoms with Gasteiger partial charge in [0.15, 0.2) is 0 Å². The Labute approximate surface area is 129 Å². The fraction of sp³-hybridized carbons (Fsp3) is 0.500. The van der Waals surface area contributed by atoms with Crippen LogP contribution in [-0.4, -0.2) is 41.9 Å². The molecule has 120 valence electrons. The zero-order chi connectivity index (χ0) is 16.1. The molecule has 6 heteroatoms. The lowest BCUT2D eigenvalue weighted by molar-refractivity contribution is -0.174. The van der Waals surface area contributed by atoms with Gasteiger partial charge in [-0.15, -0.1) is 0 Å². The molecule has 1 aliphatic heterocycles. The van der Waals surface area contributed by atoms with Gasteiger partial charge in [-0.25, -0.2) is 0 Å². The fourth-order valence-corrected chi connectivity index (χ4v) is 2.64. The molecule has 3 atom stereocenters. The van der Waals surface area contributed by atoms with Gasteiger partial charge in [-0.3, -0.25) is 14.4 Å². The Morgan fingerprint density at radius 3 is 2.55 bits per heavy atom. The van der Waals surface area contributed by atoms with Crippen molar-refractivity contribution >= 4 is 11.9 Å². The summed E-state index contributed by atoms with van der Waals surface area (Å²) in [6, 6.07) is 9.45. The average molecular weight is 307 g/mol. The molecule has 6 nitrogen and oxygen atoms in total. The van der Waals surface area contributed by atoms with Crippen molar-refractivity contribution in [2.75, 3.05) is 6.61 Å². The Bertz CT molecular complexity index is 519. The maximum atomic E-state index is 11.3. The van der Waals surface area contributed by atoms with Crippen LogP contribution in [0, 0.1) is 0 Å². The number of hydrogen-bond donors (Lipinski definition) is 0. The van der Waals surface area contributed by atoms with Gasteiger partial charge in [0.2, 0.25) is 0 Å². The first kappa shape index (κ1) is 16.5. The van der Waals surface area contributed by atoms with E-state index in [1.54, 1.807) is 12.0 Å². The zero-order valence-corrected chi connectivity index (χ0v) is 13.0.